The smallest absolute Gasteiger partial charge is 0.387 e. The van der Waals surface area contributed by atoms with Gasteiger partial charge < -0.3 is 14.2 Å². The molecule has 6 nitrogen and oxygen atoms in total. The number of rotatable bonds is 7. The van der Waals surface area contributed by atoms with Crippen LogP contribution in [0.3, 0.4) is 0 Å². The minimum Gasteiger partial charge on any atom is -0.493 e. The van der Waals surface area contributed by atoms with Crippen molar-refractivity contribution in [2.75, 3.05) is 19.8 Å². The summed E-state index contributed by atoms with van der Waals surface area (Å²) in [4.78, 5) is 10.8. The first kappa shape index (κ1) is 21.6. The number of aromatic nitrogens is 2. The zero-order valence-corrected chi connectivity index (χ0v) is 18.2. The van der Waals surface area contributed by atoms with Crippen molar-refractivity contribution in [2.24, 2.45) is 11.8 Å². The van der Waals surface area contributed by atoms with Crippen LogP contribution in [0.2, 0.25) is 0 Å². The lowest BCUT2D eigenvalue weighted by Crippen LogP contribution is -2.32. The zero-order valence-electron chi connectivity index (χ0n) is 18.2. The van der Waals surface area contributed by atoms with Gasteiger partial charge in [0.25, 0.3) is 0 Å². The Morgan fingerprint density at radius 3 is 2.88 bits per heavy atom. The SMILES string of the molecule is Cc1nccc(OC[C@@H]2CN(Cc3cccc(OC(F)F)c3)[C@H]3c4ccccc4OC[C@@H]23)n1. The summed E-state index contributed by atoms with van der Waals surface area (Å²) >= 11 is 0. The normalized spacial score (nSPS) is 21.9. The minimum absolute atomic E-state index is 0.148. The molecule has 0 N–H and O–H groups in total. The fourth-order valence-corrected chi connectivity index (χ4v) is 4.88. The van der Waals surface area contributed by atoms with E-state index in [9.17, 15) is 8.78 Å². The van der Waals surface area contributed by atoms with E-state index in [1.807, 2.05) is 31.2 Å². The lowest BCUT2D eigenvalue weighted by molar-refractivity contribution is -0.0499. The standard InChI is InChI=1S/C25H25F2N3O3/c1-16-28-10-9-23(29-16)32-14-18-13-30(12-17-5-4-6-19(11-17)33-25(26)27)24-20-7-2-3-8-22(20)31-15-21(18)24/h2-11,18,21,24-25H,12-15H2,1H3/t18-,21-,24-/m0/s1. The van der Waals surface area contributed by atoms with Crippen molar-refractivity contribution < 1.29 is 23.0 Å². The average Bonchev–Trinajstić information content (AvgIpc) is 3.15. The molecule has 2 aliphatic rings. The Hall–Kier alpha value is -3.26. The summed E-state index contributed by atoms with van der Waals surface area (Å²) in [5, 5.41) is 0. The summed E-state index contributed by atoms with van der Waals surface area (Å²) in [5.41, 5.74) is 2.07. The summed E-state index contributed by atoms with van der Waals surface area (Å²) in [6.45, 7) is 1.50. The van der Waals surface area contributed by atoms with E-state index >= 15 is 0 Å². The summed E-state index contributed by atoms with van der Waals surface area (Å²) in [7, 11) is 0. The van der Waals surface area contributed by atoms with E-state index in [0.29, 0.717) is 31.5 Å². The van der Waals surface area contributed by atoms with E-state index in [1.165, 1.54) is 0 Å². The van der Waals surface area contributed by atoms with Crippen molar-refractivity contribution in [1.29, 1.82) is 0 Å². The monoisotopic (exact) mass is 453 g/mol. The third kappa shape index (κ3) is 4.75. The molecule has 1 aromatic heterocycles. The van der Waals surface area contributed by atoms with Crippen LogP contribution >= 0.6 is 0 Å². The Kier molecular flexibility index (Phi) is 6.09. The number of fused-ring (bicyclic) bond motifs is 3. The first-order valence-corrected chi connectivity index (χ1v) is 11.0. The van der Waals surface area contributed by atoms with E-state index in [1.54, 1.807) is 30.5 Å². The van der Waals surface area contributed by atoms with Gasteiger partial charge in [0.05, 0.1) is 13.2 Å². The fraction of sp³-hybridized carbons (Fsp3) is 0.360. The third-order valence-electron chi connectivity index (χ3n) is 6.25. The topological polar surface area (TPSA) is 56.7 Å². The van der Waals surface area contributed by atoms with Crippen LogP contribution in [0.15, 0.2) is 60.8 Å². The van der Waals surface area contributed by atoms with Crippen LogP contribution in [-0.2, 0) is 6.54 Å². The number of hydrogen-bond donors (Lipinski definition) is 0. The van der Waals surface area contributed by atoms with Crippen LogP contribution in [0.1, 0.15) is 23.0 Å². The Balaban J connectivity index is 1.38. The summed E-state index contributed by atoms with van der Waals surface area (Å²) < 4.78 is 42.1. The van der Waals surface area contributed by atoms with Crippen molar-refractivity contribution in [3.63, 3.8) is 0 Å². The highest BCUT2D eigenvalue weighted by Crippen LogP contribution is 2.48. The summed E-state index contributed by atoms with van der Waals surface area (Å²) in [6.07, 6.45) is 1.69. The van der Waals surface area contributed by atoms with Crippen LogP contribution < -0.4 is 14.2 Å². The maximum Gasteiger partial charge on any atom is 0.387 e. The first-order valence-electron chi connectivity index (χ1n) is 11.0. The molecule has 2 aliphatic heterocycles. The molecule has 0 bridgehead atoms. The van der Waals surface area contributed by atoms with E-state index in [4.69, 9.17) is 9.47 Å². The quantitative estimate of drug-likeness (QED) is 0.519. The Morgan fingerprint density at radius 2 is 2.03 bits per heavy atom. The van der Waals surface area contributed by atoms with E-state index in [-0.39, 0.29) is 23.6 Å². The van der Waals surface area contributed by atoms with Crippen molar-refractivity contribution in [1.82, 2.24) is 14.9 Å². The number of likely N-dealkylation sites (tertiary alicyclic amines) is 1. The molecule has 5 rings (SSSR count). The van der Waals surface area contributed by atoms with Crippen LogP contribution in [0.4, 0.5) is 8.78 Å². The maximum absolute atomic E-state index is 12.7. The number of benzene rings is 2. The molecule has 1 saturated heterocycles. The second kappa shape index (κ2) is 9.31. The van der Waals surface area contributed by atoms with Crippen molar-refractivity contribution in [3.05, 3.63) is 77.7 Å². The lowest BCUT2D eigenvalue weighted by Gasteiger charge is -2.34. The van der Waals surface area contributed by atoms with Crippen LogP contribution in [0.25, 0.3) is 0 Å². The van der Waals surface area contributed by atoms with Gasteiger partial charge in [0.2, 0.25) is 5.88 Å². The number of nitrogens with zero attached hydrogens (tertiary/aromatic N) is 3. The Bertz CT molecular complexity index is 1110. The number of halogens is 2. The molecule has 0 radical (unpaired) electrons. The Labute approximate surface area is 191 Å². The predicted octanol–water partition coefficient (Wildman–Crippen LogP) is 4.65. The van der Waals surface area contributed by atoms with Crippen molar-refractivity contribution >= 4 is 0 Å². The van der Waals surface area contributed by atoms with Gasteiger partial charge in [0.15, 0.2) is 0 Å². The van der Waals surface area contributed by atoms with E-state index in [0.717, 1.165) is 23.4 Å². The van der Waals surface area contributed by atoms with Crippen LogP contribution in [-0.4, -0.2) is 41.2 Å². The molecule has 33 heavy (non-hydrogen) atoms. The molecule has 0 spiro atoms. The largest absolute Gasteiger partial charge is 0.493 e. The molecule has 172 valence electrons. The van der Waals surface area contributed by atoms with Gasteiger partial charge in [-0.1, -0.05) is 30.3 Å². The molecule has 2 aromatic carbocycles. The number of ether oxygens (including phenoxy) is 3. The van der Waals surface area contributed by atoms with E-state index < -0.39 is 6.61 Å². The van der Waals surface area contributed by atoms with Gasteiger partial charge in [0.1, 0.15) is 17.3 Å². The van der Waals surface area contributed by atoms with Crippen molar-refractivity contribution in [3.8, 4) is 17.4 Å². The second-order valence-corrected chi connectivity index (χ2v) is 8.43. The highest BCUT2D eigenvalue weighted by molar-refractivity contribution is 5.39. The van der Waals surface area contributed by atoms with Crippen LogP contribution in [0.5, 0.6) is 17.4 Å². The number of alkyl halides is 2. The highest BCUT2D eigenvalue weighted by Gasteiger charge is 2.46. The Morgan fingerprint density at radius 1 is 1.15 bits per heavy atom. The molecular weight excluding hydrogens is 428 g/mol. The van der Waals surface area contributed by atoms with Gasteiger partial charge in [-0.05, 0) is 30.7 Å². The molecule has 1 fully saturated rings. The number of para-hydroxylation sites is 1. The molecule has 8 heteroatoms. The van der Waals surface area contributed by atoms with Gasteiger partial charge in [-0.15, -0.1) is 0 Å². The van der Waals surface area contributed by atoms with Gasteiger partial charge in [-0.2, -0.15) is 13.8 Å². The van der Waals surface area contributed by atoms with Gasteiger partial charge >= 0.3 is 6.61 Å². The number of aryl methyl sites for hydroxylation is 1. The minimum atomic E-state index is -2.84. The lowest BCUT2D eigenvalue weighted by atomic mass is 9.85. The highest BCUT2D eigenvalue weighted by atomic mass is 19.3. The fourth-order valence-electron chi connectivity index (χ4n) is 4.88. The third-order valence-corrected chi connectivity index (χ3v) is 6.25. The zero-order chi connectivity index (χ0) is 22.8. The first-order chi connectivity index (χ1) is 16.1. The molecule has 0 unspecified atom stereocenters. The molecule has 0 aliphatic carbocycles. The predicted molar refractivity (Wildman–Crippen MR) is 117 cm³/mol. The summed E-state index contributed by atoms with van der Waals surface area (Å²) in [5.74, 6) is 2.75. The van der Waals surface area contributed by atoms with E-state index in [2.05, 4.69) is 25.7 Å². The molecule has 3 heterocycles. The molecule has 3 atom stereocenters. The van der Waals surface area contributed by atoms with Gasteiger partial charge in [-0.3, -0.25) is 4.90 Å². The molecule has 0 amide bonds. The number of hydrogen-bond acceptors (Lipinski definition) is 6. The average molecular weight is 453 g/mol. The molecule has 3 aromatic rings. The van der Waals surface area contributed by atoms with Gasteiger partial charge in [-0.25, -0.2) is 4.98 Å². The van der Waals surface area contributed by atoms with Crippen LogP contribution in [0, 0.1) is 18.8 Å². The second-order valence-electron chi connectivity index (χ2n) is 8.43. The molecular formula is C25H25F2N3O3. The van der Waals surface area contributed by atoms with Gasteiger partial charge in [0, 0.05) is 48.8 Å². The molecule has 0 saturated carbocycles. The summed E-state index contributed by atoms with van der Waals surface area (Å²) in [6, 6.07) is 16.9. The maximum atomic E-state index is 12.7. The van der Waals surface area contributed by atoms with Crippen molar-refractivity contribution in [2.45, 2.75) is 26.1 Å².